The monoisotopic (exact) mass is 335 g/mol. The summed E-state index contributed by atoms with van der Waals surface area (Å²) in [5, 5.41) is 2.94. The van der Waals surface area contributed by atoms with Gasteiger partial charge >= 0.3 is 0 Å². The van der Waals surface area contributed by atoms with Gasteiger partial charge in [-0.3, -0.25) is 9.69 Å². The van der Waals surface area contributed by atoms with Crippen LogP contribution < -0.4 is 5.32 Å². The Morgan fingerprint density at radius 3 is 2.83 bits per heavy atom. The highest BCUT2D eigenvalue weighted by Crippen LogP contribution is 2.19. The van der Waals surface area contributed by atoms with Crippen molar-refractivity contribution in [3.63, 3.8) is 0 Å². The highest BCUT2D eigenvalue weighted by atomic mass is 16.5. The van der Waals surface area contributed by atoms with Gasteiger partial charge in [-0.25, -0.2) is 0 Å². The van der Waals surface area contributed by atoms with Crippen molar-refractivity contribution in [2.45, 2.75) is 38.3 Å². The van der Waals surface area contributed by atoms with Gasteiger partial charge in [-0.15, -0.1) is 0 Å². The number of nitrogens with one attached hydrogen (secondary N) is 1. The Morgan fingerprint density at radius 2 is 2.12 bits per heavy atom. The van der Waals surface area contributed by atoms with E-state index in [-0.39, 0.29) is 12.0 Å². The van der Waals surface area contributed by atoms with E-state index in [2.05, 4.69) is 22.2 Å². The average molecular weight is 335 g/mol. The van der Waals surface area contributed by atoms with Crippen LogP contribution in [-0.2, 0) is 4.74 Å². The SMILES string of the molecule is Cc1ccoc1C(=O)NCC[C@@H]1CN(C2CCN(C)CC2)CCO1. The quantitative estimate of drug-likeness (QED) is 0.884. The number of furan rings is 1. The first-order chi connectivity index (χ1) is 11.6. The first-order valence-corrected chi connectivity index (χ1v) is 9.00. The lowest BCUT2D eigenvalue weighted by molar-refractivity contribution is -0.0532. The van der Waals surface area contributed by atoms with E-state index in [0.717, 1.165) is 31.7 Å². The molecule has 1 atom stereocenters. The van der Waals surface area contributed by atoms with Gasteiger partial charge in [0.1, 0.15) is 0 Å². The van der Waals surface area contributed by atoms with Gasteiger partial charge in [0.2, 0.25) is 0 Å². The van der Waals surface area contributed by atoms with E-state index >= 15 is 0 Å². The number of amides is 1. The van der Waals surface area contributed by atoms with Crippen LogP contribution in [0.1, 0.15) is 35.4 Å². The van der Waals surface area contributed by atoms with E-state index in [1.807, 2.05) is 6.92 Å². The van der Waals surface area contributed by atoms with E-state index in [1.54, 1.807) is 12.3 Å². The van der Waals surface area contributed by atoms with Crippen LogP contribution in [0.4, 0.5) is 0 Å². The molecule has 6 nitrogen and oxygen atoms in total. The summed E-state index contributed by atoms with van der Waals surface area (Å²) in [5.41, 5.74) is 0.870. The summed E-state index contributed by atoms with van der Waals surface area (Å²) in [6, 6.07) is 2.49. The highest BCUT2D eigenvalue weighted by Gasteiger charge is 2.28. The van der Waals surface area contributed by atoms with Gasteiger partial charge in [-0.1, -0.05) is 0 Å². The molecule has 1 aromatic rings. The zero-order chi connectivity index (χ0) is 16.9. The molecule has 0 aliphatic carbocycles. The molecule has 2 saturated heterocycles. The summed E-state index contributed by atoms with van der Waals surface area (Å²) in [6.45, 7) is 7.67. The lowest BCUT2D eigenvalue weighted by atomic mass is 10.0. The fourth-order valence-corrected chi connectivity index (χ4v) is 3.64. The van der Waals surface area contributed by atoms with Crippen LogP contribution in [0, 0.1) is 6.92 Å². The summed E-state index contributed by atoms with van der Waals surface area (Å²) in [5.74, 6) is 0.271. The Bertz CT molecular complexity index is 537. The number of likely N-dealkylation sites (tertiary alicyclic amines) is 1. The zero-order valence-electron chi connectivity index (χ0n) is 14.8. The molecule has 0 radical (unpaired) electrons. The minimum absolute atomic E-state index is 0.138. The second-order valence-corrected chi connectivity index (χ2v) is 7.00. The molecule has 1 amide bonds. The van der Waals surface area contributed by atoms with Crippen molar-refractivity contribution in [1.82, 2.24) is 15.1 Å². The Labute approximate surface area is 144 Å². The summed E-state index contributed by atoms with van der Waals surface area (Å²) >= 11 is 0. The topological polar surface area (TPSA) is 58.0 Å². The fourth-order valence-electron chi connectivity index (χ4n) is 3.64. The molecule has 134 valence electrons. The molecule has 24 heavy (non-hydrogen) atoms. The maximum absolute atomic E-state index is 12.0. The number of piperidine rings is 1. The molecule has 1 N–H and O–H groups in total. The van der Waals surface area contributed by atoms with Gasteiger partial charge in [0.15, 0.2) is 5.76 Å². The molecule has 1 aromatic heterocycles. The van der Waals surface area contributed by atoms with E-state index in [9.17, 15) is 4.79 Å². The van der Waals surface area contributed by atoms with Crippen LogP contribution in [0.5, 0.6) is 0 Å². The third-order valence-electron chi connectivity index (χ3n) is 5.19. The first kappa shape index (κ1) is 17.5. The molecule has 6 heteroatoms. The molecule has 0 unspecified atom stereocenters. The number of ether oxygens (including phenoxy) is 1. The van der Waals surface area contributed by atoms with E-state index in [0.29, 0.717) is 18.3 Å². The molecular formula is C18H29N3O3. The standard InChI is InChI=1S/C18H29N3O3/c1-14-6-11-24-17(14)18(22)19-7-3-16-13-21(10-12-23-16)15-4-8-20(2)9-5-15/h6,11,15-16H,3-5,7-10,12-13H2,1-2H3,(H,19,22)/t16-/m1/s1. The van der Waals surface area contributed by atoms with Gasteiger partial charge in [-0.2, -0.15) is 0 Å². The molecule has 2 fully saturated rings. The normalized spacial score (nSPS) is 24.2. The first-order valence-electron chi connectivity index (χ1n) is 9.00. The number of hydrogen-bond acceptors (Lipinski definition) is 5. The Hall–Kier alpha value is -1.37. The van der Waals surface area contributed by atoms with Gasteiger partial charge in [0.25, 0.3) is 5.91 Å². The van der Waals surface area contributed by atoms with Crippen LogP contribution in [0.15, 0.2) is 16.7 Å². The smallest absolute Gasteiger partial charge is 0.287 e. The Kier molecular flexibility index (Phi) is 5.92. The van der Waals surface area contributed by atoms with Crippen molar-refractivity contribution in [2.24, 2.45) is 0 Å². The highest BCUT2D eigenvalue weighted by molar-refractivity contribution is 5.92. The second kappa shape index (κ2) is 8.14. The van der Waals surface area contributed by atoms with E-state index < -0.39 is 0 Å². The van der Waals surface area contributed by atoms with Gasteiger partial charge in [0.05, 0.1) is 19.0 Å². The molecule has 2 aliphatic rings. The van der Waals surface area contributed by atoms with Crippen molar-refractivity contribution in [3.8, 4) is 0 Å². The molecular weight excluding hydrogens is 306 g/mol. The number of aryl methyl sites for hydroxylation is 1. The predicted octanol–water partition coefficient (Wildman–Crippen LogP) is 1.50. The number of carbonyl (C=O) groups is 1. The molecule has 0 spiro atoms. The van der Waals surface area contributed by atoms with E-state index in [4.69, 9.17) is 9.15 Å². The fraction of sp³-hybridized carbons (Fsp3) is 0.722. The summed E-state index contributed by atoms with van der Waals surface area (Å²) < 4.78 is 11.1. The number of hydrogen-bond donors (Lipinski definition) is 1. The van der Waals surface area contributed by atoms with Crippen molar-refractivity contribution in [1.29, 1.82) is 0 Å². The Balaban J connectivity index is 1.41. The van der Waals surface area contributed by atoms with Crippen LogP contribution in [-0.4, -0.2) is 74.2 Å². The number of nitrogens with zero attached hydrogens (tertiary/aromatic N) is 2. The van der Waals surface area contributed by atoms with Crippen molar-refractivity contribution in [3.05, 3.63) is 23.7 Å². The summed E-state index contributed by atoms with van der Waals surface area (Å²) in [7, 11) is 2.20. The lowest BCUT2D eigenvalue weighted by Gasteiger charge is -2.41. The van der Waals surface area contributed by atoms with Crippen molar-refractivity contribution >= 4 is 5.91 Å². The van der Waals surface area contributed by atoms with Crippen molar-refractivity contribution < 1.29 is 13.9 Å². The van der Waals surface area contributed by atoms with Gasteiger partial charge < -0.3 is 19.4 Å². The number of rotatable bonds is 5. The average Bonchev–Trinajstić information content (AvgIpc) is 3.02. The minimum Gasteiger partial charge on any atom is -0.459 e. The van der Waals surface area contributed by atoms with E-state index in [1.165, 1.54) is 25.9 Å². The van der Waals surface area contributed by atoms with Crippen LogP contribution >= 0.6 is 0 Å². The van der Waals surface area contributed by atoms with Crippen LogP contribution in [0.25, 0.3) is 0 Å². The number of carbonyl (C=O) groups excluding carboxylic acids is 1. The lowest BCUT2D eigenvalue weighted by Crippen LogP contribution is -2.51. The van der Waals surface area contributed by atoms with Gasteiger partial charge in [0, 0.05) is 31.2 Å². The predicted molar refractivity (Wildman–Crippen MR) is 92.2 cm³/mol. The molecule has 2 aliphatic heterocycles. The van der Waals surface area contributed by atoms with Crippen molar-refractivity contribution in [2.75, 3.05) is 46.4 Å². The van der Waals surface area contributed by atoms with Crippen LogP contribution in [0.2, 0.25) is 0 Å². The third kappa shape index (κ3) is 4.37. The Morgan fingerprint density at radius 1 is 1.33 bits per heavy atom. The minimum atomic E-state index is -0.138. The molecule has 3 heterocycles. The maximum atomic E-state index is 12.0. The summed E-state index contributed by atoms with van der Waals surface area (Å²) in [6.07, 6.45) is 5.09. The number of morpholine rings is 1. The second-order valence-electron chi connectivity index (χ2n) is 7.00. The largest absolute Gasteiger partial charge is 0.459 e. The van der Waals surface area contributed by atoms with Crippen LogP contribution in [0.3, 0.4) is 0 Å². The summed E-state index contributed by atoms with van der Waals surface area (Å²) in [4.78, 5) is 17.0. The third-order valence-corrected chi connectivity index (χ3v) is 5.19. The molecule has 3 rings (SSSR count). The molecule has 0 bridgehead atoms. The van der Waals surface area contributed by atoms with Gasteiger partial charge in [-0.05, 0) is 52.4 Å². The zero-order valence-corrected chi connectivity index (χ0v) is 14.8. The molecule has 0 aromatic carbocycles. The molecule has 0 saturated carbocycles. The maximum Gasteiger partial charge on any atom is 0.287 e.